The maximum atomic E-state index is 11.6. The number of anilines is 3. The van der Waals surface area contributed by atoms with E-state index < -0.39 is 17.7 Å². The highest BCUT2D eigenvalue weighted by Gasteiger charge is 2.19. The first-order valence-corrected chi connectivity index (χ1v) is 13.7. The van der Waals surface area contributed by atoms with Gasteiger partial charge in [-0.15, -0.1) is 10.2 Å². The fourth-order valence-corrected chi connectivity index (χ4v) is 4.27. The zero-order valence-electron chi connectivity index (χ0n) is 24.2. The molecule has 0 bridgehead atoms. The molecular formula is C33H26N8O5. The van der Waals surface area contributed by atoms with E-state index in [9.17, 15) is 19.5 Å². The zero-order chi connectivity index (χ0) is 32.8. The molecule has 1 aliphatic rings. The second-order valence-electron chi connectivity index (χ2n) is 9.98. The summed E-state index contributed by atoms with van der Waals surface area (Å²) in [6.45, 7) is 1.78. The number of carboxylic acids is 2. The largest absolute Gasteiger partial charge is 0.478 e. The summed E-state index contributed by atoms with van der Waals surface area (Å²) >= 11 is 0. The van der Waals surface area contributed by atoms with Crippen molar-refractivity contribution in [2.75, 3.05) is 16.9 Å². The summed E-state index contributed by atoms with van der Waals surface area (Å²) in [5.41, 5.74) is 20.6. The molecule has 1 aliphatic carbocycles. The summed E-state index contributed by atoms with van der Waals surface area (Å²) in [5.74, 6) is -2.96. The Bertz CT molecular complexity index is 2010. The average molecular weight is 615 g/mol. The van der Waals surface area contributed by atoms with Crippen LogP contribution in [-0.4, -0.2) is 33.6 Å². The highest BCUT2D eigenvalue weighted by molar-refractivity contribution is 6.29. The Hall–Kier alpha value is -6.76. The second-order valence-corrected chi connectivity index (χ2v) is 9.98. The smallest absolute Gasteiger partial charge is 0.339 e. The van der Waals surface area contributed by atoms with Gasteiger partial charge in [-0.2, -0.15) is 15.3 Å². The lowest BCUT2D eigenvalue weighted by Gasteiger charge is -2.09. The molecule has 228 valence electrons. The van der Waals surface area contributed by atoms with Crippen LogP contribution in [0, 0.1) is 6.92 Å². The van der Waals surface area contributed by atoms with Crippen LogP contribution in [0.15, 0.2) is 128 Å². The number of carbonyl (C=O) groups is 3. The minimum Gasteiger partial charge on any atom is -0.478 e. The molecule has 0 unspecified atom stereocenters. The molecule has 0 atom stereocenters. The lowest BCUT2D eigenvalue weighted by atomic mass is 10.0. The normalized spacial score (nSPS) is 13.8. The number of hydrazone groups is 1. The Morgan fingerprint density at radius 3 is 2.09 bits per heavy atom. The number of ketones is 1. The summed E-state index contributed by atoms with van der Waals surface area (Å²) < 4.78 is 0. The van der Waals surface area contributed by atoms with Gasteiger partial charge in [-0.1, -0.05) is 30.3 Å². The minimum absolute atomic E-state index is 0.0753. The highest BCUT2D eigenvalue weighted by Crippen LogP contribution is 2.41. The van der Waals surface area contributed by atoms with Gasteiger partial charge >= 0.3 is 11.9 Å². The van der Waals surface area contributed by atoms with Gasteiger partial charge in [0.05, 0.1) is 39.7 Å². The predicted molar refractivity (Wildman–Crippen MR) is 175 cm³/mol. The summed E-state index contributed by atoms with van der Waals surface area (Å²) in [4.78, 5) is 34.1. The maximum Gasteiger partial charge on any atom is 0.339 e. The quantitative estimate of drug-likeness (QED) is 0.0423. The van der Waals surface area contributed by atoms with Crippen LogP contribution in [0.2, 0.25) is 0 Å². The van der Waals surface area contributed by atoms with Gasteiger partial charge in [0.15, 0.2) is 5.78 Å². The van der Waals surface area contributed by atoms with E-state index in [1.54, 1.807) is 37.3 Å². The Kier molecular flexibility index (Phi) is 8.85. The Labute approximate surface area is 262 Å². The van der Waals surface area contributed by atoms with Crippen molar-refractivity contribution in [2.24, 2.45) is 25.6 Å². The molecule has 0 amide bonds. The molecule has 0 saturated carbocycles. The number of aliphatic carboxylic acids is 1. The van der Waals surface area contributed by atoms with Crippen molar-refractivity contribution in [3.05, 3.63) is 114 Å². The van der Waals surface area contributed by atoms with E-state index in [0.29, 0.717) is 39.7 Å². The molecule has 4 aromatic rings. The number of azo groups is 2. The molecular weight excluding hydrogens is 588 g/mol. The third-order valence-corrected chi connectivity index (χ3v) is 6.79. The molecule has 0 fully saturated rings. The minimum atomic E-state index is -1.31. The van der Waals surface area contributed by atoms with E-state index in [4.69, 9.17) is 16.6 Å². The van der Waals surface area contributed by atoms with Crippen molar-refractivity contribution in [3.8, 4) is 11.1 Å². The number of rotatable bonds is 9. The standard InChI is InChI=1S/C33H26N8O5/c1-18-15-27(30(35)31(29(18)34)41-39-24-4-2-3-21(16-24)32(43)44)40-37-23-11-7-20(8-12-23)19-5-9-22(10-6-19)36-38-25-13-14-28(42)26(17-25)33(45)46/h2-17,36H,34-35H2,1H3,(H,43,44)(H,45,46)/b38-25-,40-37?,41-39?. The van der Waals surface area contributed by atoms with Gasteiger partial charge in [-0.3, -0.25) is 10.2 Å². The number of nitrogens with two attached hydrogens (primary N) is 2. The number of allylic oxidation sites excluding steroid dienone is 3. The van der Waals surface area contributed by atoms with Crippen molar-refractivity contribution < 1.29 is 24.6 Å². The molecule has 7 N–H and O–H groups in total. The monoisotopic (exact) mass is 614 g/mol. The lowest BCUT2D eigenvalue weighted by molar-refractivity contribution is -0.134. The molecule has 13 nitrogen and oxygen atoms in total. The van der Waals surface area contributed by atoms with E-state index in [1.807, 2.05) is 36.4 Å². The lowest BCUT2D eigenvalue weighted by Crippen LogP contribution is -2.15. The van der Waals surface area contributed by atoms with Crippen LogP contribution in [0.3, 0.4) is 0 Å². The van der Waals surface area contributed by atoms with E-state index in [2.05, 4.69) is 31.0 Å². The SMILES string of the molecule is Cc1cc(N=Nc2ccc(-c3ccc(N/N=C4/C=CC(=O)C(C(=O)O)=C4)cc3)cc2)c(N)c(N=Nc2cccc(C(=O)O)c2)c1N. The third-order valence-electron chi connectivity index (χ3n) is 6.79. The van der Waals surface area contributed by atoms with Gasteiger partial charge in [0.2, 0.25) is 0 Å². The zero-order valence-corrected chi connectivity index (χ0v) is 24.2. The van der Waals surface area contributed by atoms with Crippen molar-refractivity contribution >= 4 is 63.2 Å². The third kappa shape index (κ3) is 7.06. The topological polar surface area (TPSA) is 218 Å². The van der Waals surface area contributed by atoms with E-state index in [-0.39, 0.29) is 22.5 Å². The number of aryl methyl sites for hydroxylation is 1. The number of aromatic carboxylic acids is 1. The Balaban J connectivity index is 1.28. The highest BCUT2D eigenvalue weighted by atomic mass is 16.4. The molecule has 0 saturated heterocycles. The summed E-state index contributed by atoms with van der Waals surface area (Å²) in [5, 5.41) is 39.4. The summed E-state index contributed by atoms with van der Waals surface area (Å²) in [6, 6.07) is 22.5. The van der Waals surface area contributed by atoms with Crippen LogP contribution in [0.25, 0.3) is 11.1 Å². The van der Waals surface area contributed by atoms with Crippen LogP contribution in [0.5, 0.6) is 0 Å². The van der Waals surface area contributed by atoms with Crippen molar-refractivity contribution in [3.63, 3.8) is 0 Å². The number of hydrogen-bond acceptors (Lipinski definition) is 11. The van der Waals surface area contributed by atoms with Gasteiger partial charge in [0, 0.05) is 0 Å². The molecule has 0 spiro atoms. The summed E-state index contributed by atoms with van der Waals surface area (Å²) in [7, 11) is 0. The number of benzene rings is 4. The van der Waals surface area contributed by atoms with Crippen molar-refractivity contribution in [2.45, 2.75) is 6.92 Å². The van der Waals surface area contributed by atoms with E-state index in [1.165, 1.54) is 30.4 Å². The average Bonchev–Trinajstić information content (AvgIpc) is 3.06. The fraction of sp³-hybridized carbons (Fsp3) is 0.0303. The van der Waals surface area contributed by atoms with Gasteiger partial charge < -0.3 is 21.7 Å². The van der Waals surface area contributed by atoms with Crippen molar-refractivity contribution in [1.82, 2.24) is 0 Å². The van der Waals surface area contributed by atoms with Crippen LogP contribution in [0.1, 0.15) is 15.9 Å². The van der Waals surface area contributed by atoms with Crippen LogP contribution in [0.4, 0.5) is 39.8 Å². The molecule has 4 aromatic carbocycles. The number of nitrogen functional groups attached to an aromatic ring is 2. The number of carboxylic acid groups (broad SMARTS) is 2. The molecule has 46 heavy (non-hydrogen) atoms. The second kappa shape index (κ2) is 13.3. The molecule has 0 radical (unpaired) electrons. The fourth-order valence-electron chi connectivity index (χ4n) is 4.27. The molecule has 0 heterocycles. The predicted octanol–water partition coefficient (Wildman–Crippen LogP) is 7.27. The first-order valence-electron chi connectivity index (χ1n) is 13.7. The molecule has 5 rings (SSSR count). The molecule has 13 heteroatoms. The number of hydrogen-bond donors (Lipinski definition) is 5. The first-order chi connectivity index (χ1) is 22.1. The number of nitrogens with zero attached hydrogens (tertiary/aromatic N) is 5. The van der Waals surface area contributed by atoms with Crippen LogP contribution < -0.4 is 16.9 Å². The maximum absolute atomic E-state index is 11.6. The van der Waals surface area contributed by atoms with Gasteiger partial charge in [-0.05, 0) is 90.4 Å². The van der Waals surface area contributed by atoms with Crippen molar-refractivity contribution in [1.29, 1.82) is 0 Å². The van der Waals surface area contributed by atoms with Crippen LogP contribution in [-0.2, 0) is 9.59 Å². The number of carbonyl (C=O) groups excluding carboxylic acids is 1. The number of nitrogens with one attached hydrogen (secondary N) is 1. The van der Waals surface area contributed by atoms with E-state index in [0.717, 1.165) is 11.1 Å². The summed E-state index contributed by atoms with van der Waals surface area (Å²) in [6.07, 6.45) is 3.82. The molecule has 0 aliphatic heterocycles. The van der Waals surface area contributed by atoms with Gasteiger partial charge in [0.25, 0.3) is 0 Å². The Morgan fingerprint density at radius 1 is 0.739 bits per heavy atom. The first kappa shape index (κ1) is 30.7. The Morgan fingerprint density at radius 2 is 1.41 bits per heavy atom. The van der Waals surface area contributed by atoms with Gasteiger partial charge in [0.1, 0.15) is 16.9 Å². The van der Waals surface area contributed by atoms with E-state index >= 15 is 0 Å². The van der Waals surface area contributed by atoms with Gasteiger partial charge in [-0.25, -0.2) is 9.59 Å². The molecule has 0 aromatic heterocycles. The van der Waals surface area contributed by atoms with Crippen LogP contribution >= 0.6 is 0 Å².